The molecule has 1 saturated heterocycles. The highest BCUT2D eigenvalue weighted by atomic mass is 32.2. The zero-order valence-corrected chi connectivity index (χ0v) is 15.1. The molecule has 5 heteroatoms. The summed E-state index contributed by atoms with van der Waals surface area (Å²) >= 11 is 0. The molecule has 126 valence electrons. The van der Waals surface area contributed by atoms with E-state index >= 15 is 0 Å². The molecule has 3 atom stereocenters. The molecule has 0 aromatic heterocycles. The van der Waals surface area contributed by atoms with Gasteiger partial charge in [-0.25, -0.2) is 12.7 Å². The molecular formula is C16H34N2O2S. The second-order valence-electron chi connectivity index (χ2n) is 6.69. The van der Waals surface area contributed by atoms with Crippen molar-refractivity contribution in [3.63, 3.8) is 0 Å². The summed E-state index contributed by atoms with van der Waals surface area (Å²) in [5, 5.41) is 3.69. The Hall–Kier alpha value is -0.130. The maximum Gasteiger partial charge on any atom is 0.211 e. The highest BCUT2D eigenvalue weighted by Gasteiger charge is 2.28. The van der Waals surface area contributed by atoms with Crippen LogP contribution in [0.25, 0.3) is 0 Å². The number of hydrogen-bond acceptors (Lipinski definition) is 3. The van der Waals surface area contributed by atoms with Crippen LogP contribution in [-0.2, 0) is 10.0 Å². The number of piperidine rings is 1. The molecule has 4 nitrogen and oxygen atoms in total. The number of hydrogen-bond donors (Lipinski definition) is 1. The van der Waals surface area contributed by atoms with Gasteiger partial charge in [-0.05, 0) is 50.5 Å². The van der Waals surface area contributed by atoms with E-state index < -0.39 is 10.0 Å². The zero-order valence-electron chi connectivity index (χ0n) is 14.3. The average molecular weight is 319 g/mol. The van der Waals surface area contributed by atoms with Crippen molar-refractivity contribution >= 4 is 10.0 Å². The van der Waals surface area contributed by atoms with Gasteiger partial charge in [0.1, 0.15) is 0 Å². The molecule has 1 heterocycles. The number of sulfonamides is 1. The van der Waals surface area contributed by atoms with E-state index in [0.29, 0.717) is 31.0 Å². The highest BCUT2D eigenvalue weighted by molar-refractivity contribution is 7.88. The fraction of sp³-hybridized carbons (Fsp3) is 1.00. The topological polar surface area (TPSA) is 49.4 Å². The van der Waals surface area contributed by atoms with Gasteiger partial charge in [-0.15, -0.1) is 0 Å². The van der Waals surface area contributed by atoms with Crippen molar-refractivity contribution in [2.75, 3.05) is 25.9 Å². The van der Waals surface area contributed by atoms with E-state index in [-0.39, 0.29) is 0 Å². The summed E-state index contributed by atoms with van der Waals surface area (Å²) in [4.78, 5) is 0. The second kappa shape index (κ2) is 9.11. The molecule has 0 aliphatic carbocycles. The van der Waals surface area contributed by atoms with Gasteiger partial charge in [0, 0.05) is 19.1 Å². The number of nitrogens with one attached hydrogen (secondary N) is 1. The molecular weight excluding hydrogens is 284 g/mol. The first-order valence-electron chi connectivity index (χ1n) is 8.56. The van der Waals surface area contributed by atoms with Crippen molar-refractivity contribution in [3.8, 4) is 0 Å². The Morgan fingerprint density at radius 2 is 2.00 bits per heavy atom. The Labute approximate surface area is 131 Å². The molecule has 1 N–H and O–H groups in total. The van der Waals surface area contributed by atoms with Crippen LogP contribution in [0.4, 0.5) is 0 Å². The van der Waals surface area contributed by atoms with E-state index in [1.165, 1.54) is 19.1 Å². The summed E-state index contributed by atoms with van der Waals surface area (Å²) in [5.74, 6) is 1.16. The zero-order chi connectivity index (χ0) is 15.9. The van der Waals surface area contributed by atoms with Crippen molar-refractivity contribution in [2.45, 2.75) is 65.3 Å². The maximum absolute atomic E-state index is 11.7. The molecule has 0 bridgehead atoms. The molecule has 0 radical (unpaired) electrons. The quantitative estimate of drug-likeness (QED) is 0.711. The summed E-state index contributed by atoms with van der Waals surface area (Å²) < 4.78 is 25.1. The lowest BCUT2D eigenvalue weighted by molar-refractivity contribution is 0.214. The lowest BCUT2D eigenvalue weighted by Crippen LogP contribution is -2.43. The Bertz CT molecular complexity index is 384. The molecule has 0 amide bonds. The van der Waals surface area contributed by atoms with E-state index in [4.69, 9.17) is 0 Å². The predicted molar refractivity (Wildman–Crippen MR) is 89.9 cm³/mol. The lowest BCUT2D eigenvalue weighted by atomic mass is 9.85. The van der Waals surface area contributed by atoms with E-state index in [1.807, 2.05) is 0 Å². The molecule has 0 spiro atoms. The lowest BCUT2D eigenvalue weighted by Gasteiger charge is -2.35. The first kappa shape index (κ1) is 18.9. The molecule has 1 aliphatic heterocycles. The van der Waals surface area contributed by atoms with E-state index in [0.717, 1.165) is 32.2 Å². The third-order valence-electron chi connectivity index (χ3n) is 4.63. The van der Waals surface area contributed by atoms with Crippen LogP contribution >= 0.6 is 0 Å². The summed E-state index contributed by atoms with van der Waals surface area (Å²) in [6.45, 7) is 9.23. The number of nitrogens with zero attached hydrogens (tertiary/aromatic N) is 1. The standard InChI is InChI=1S/C16H34N2O2S/c1-5-8-14(3)16(17-10-6-2)12-15-9-7-11-18(13-15)21(4,19)20/h14-17H,5-13H2,1-4H3. The van der Waals surface area contributed by atoms with Crippen LogP contribution in [-0.4, -0.2) is 44.7 Å². The Kier molecular flexibility index (Phi) is 8.21. The summed E-state index contributed by atoms with van der Waals surface area (Å²) in [6, 6.07) is 0.523. The molecule has 3 unspecified atom stereocenters. The van der Waals surface area contributed by atoms with Gasteiger partial charge in [-0.2, -0.15) is 0 Å². The van der Waals surface area contributed by atoms with Crippen LogP contribution in [0, 0.1) is 11.8 Å². The van der Waals surface area contributed by atoms with Gasteiger partial charge in [0.25, 0.3) is 0 Å². The highest BCUT2D eigenvalue weighted by Crippen LogP contribution is 2.26. The minimum atomic E-state index is -3.03. The molecule has 1 aliphatic rings. The Balaban J connectivity index is 2.60. The predicted octanol–water partition coefficient (Wildman–Crippen LogP) is 2.85. The van der Waals surface area contributed by atoms with Gasteiger partial charge in [-0.3, -0.25) is 0 Å². The van der Waals surface area contributed by atoms with Gasteiger partial charge in [0.05, 0.1) is 6.26 Å². The fourth-order valence-electron chi connectivity index (χ4n) is 3.38. The monoisotopic (exact) mass is 318 g/mol. The van der Waals surface area contributed by atoms with Crippen molar-refractivity contribution < 1.29 is 8.42 Å². The van der Waals surface area contributed by atoms with Crippen LogP contribution in [0.1, 0.15) is 59.3 Å². The molecule has 0 aromatic rings. The van der Waals surface area contributed by atoms with Gasteiger partial charge in [0.15, 0.2) is 0 Å². The SMILES string of the molecule is CCCNC(CC1CCCN(S(C)(=O)=O)C1)C(C)CCC. The van der Waals surface area contributed by atoms with Gasteiger partial charge in [0.2, 0.25) is 10.0 Å². The van der Waals surface area contributed by atoms with Crippen molar-refractivity contribution in [2.24, 2.45) is 11.8 Å². The first-order valence-corrected chi connectivity index (χ1v) is 10.4. The summed E-state index contributed by atoms with van der Waals surface area (Å²) in [6.07, 6.45) is 8.20. The fourth-order valence-corrected chi connectivity index (χ4v) is 4.33. The van der Waals surface area contributed by atoms with E-state index in [1.54, 1.807) is 4.31 Å². The van der Waals surface area contributed by atoms with Crippen molar-refractivity contribution in [1.29, 1.82) is 0 Å². The molecule has 0 saturated carbocycles. The molecule has 21 heavy (non-hydrogen) atoms. The largest absolute Gasteiger partial charge is 0.314 e. The smallest absolute Gasteiger partial charge is 0.211 e. The summed E-state index contributed by atoms with van der Waals surface area (Å²) in [5.41, 5.74) is 0. The maximum atomic E-state index is 11.7. The van der Waals surface area contributed by atoms with Crippen LogP contribution in [0.2, 0.25) is 0 Å². The van der Waals surface area contributed by atoms with Crippen LogP contribution < -0.4 is 5.32 Å². The van der Waals surface area contributed by atoms with Crippen molar-refractivity contribution in [3.05, 3.63) is 0 Å². The Morgan fingerprint density at radius 1 is 1.29 bits per heavy atom. The average Bonchev–Trinajstić information content (AvgIpc) is 2.43. The molecule has 1 fully saturated rings. The van der Waals surface area contributed by atoms with Gasteiger partial charge >= 0.3 is 0 Å². The van der Waals surface area contributed by atoms with Crippen LogP contribution in [0.15, 0.2) is 0 Å². The van der Waals surface area contributed by atoms with Crippen molar-refractivity contribution in [1.82, 2.24) is 9.62 Å². The number of rotatable bonds is 9. The minimum Gasteiger partial charge on any atom is -0.314 e. The third-order valence-corrected chi connectivity index (χ3v) is 5.90. The molecule has 0 aromatic carbocycles. The van der Waals surface area contributed by atoms with Crippen LogP contribution in [0.5, 0.6) is 0 Å². The molecule has 1 rings (SSSR count). The second-order valence-corrected chi connectivity index (χ2v) is 8.67. The summed E-state index contributed by atoms with van der Waals surface area (Å²) in [7, 11) is -3.03. The first-order chi connectivity index (χ1) is 9.88. The van der Waals surface area contributed by atoms with Gasteiger partial charge < -0.3 is 5.32 Å². The van der Waals surface area contributed by atoms with Crippen LogP contribution in [0.3, 0.4) is 0 Å². The third kappa shape index (κ3) is 6.66. The normalized spacial score (nSPS) is 23.9. The van der Waals surface area contributed by atoms with Gasteiger partial charge in [-0.1, -0.05) is 27.2 Å². The minimum absolute atomic E-state index is 0.502. The Morgan fingerprint density at radius 3 is 2.57 bits per heavy atom. The van der Waals surface area contributed by atoms with E-state index in [2.05, 4.69) is 26.1 Å². The van der Waals surface area contributed by atoms with E-state index in [9.17, 15) is 8.42 Å².